The number of nitrogens with one attached hydrogen (secondary N) is 1. The molecule has 4 heterocycles. The highest BCUT2D eigenvalue weighted by Gasteiger charge is 2.38. The maximum atomic E-state index is 13.8. The Bertz CT molecular complexity index is 1690. The molecule has 0 radical (unpaired) electrons. The van der Waals surface area contributed by atoms with Crippen molar-refractivity contribution in [3.05, 3.63) is 118 Å². The van der Waals surface area contributed by atoms with E-state index in [-0.39, 0.29) is 35.9 Å². The molecule has 6 rings (SSSR count). The summed E-state index contributed by atoms with van der Waals surface area (Å²) in [4.78, 5) is 33.9. The van der Waals surface area contributed by atoms with Gasteiger partial charge in [-0.3, -0.25) is 19.5 Å². The number of hydrogen-bond acceptors (Lipinski definition) is 6. The maximum absolute atomic E-state index is 13.8. The number of aromatic nitrogens is 3. The van der Waals surface area contributed by atoms with E-state index in [4.69, 9.17) is 16.7 Å². The van der Waals surface area contributed by atoms with E-state index in [1.54, 1.807) is 27.1 Å². The molecule has 0 aliphatic carbocycles. The molecule has 41 heavy (non-hydrogen) atoms. The van der Waals surface area contributed by atoms with Crippen LogP contribution in [0.15, 0.2) is 90.4 Å². The van der Waals surface area contributed by atoms with Crippen molar-refractivity contribution in [3.63, 3.8) is 0 Å². The van der Waals surface area contributed by atoms with Crippen LogP contribution in [0.25, 0.3) is 16.3 Å². The van der Waals surface area contributed by atoms with Crippen LogP contribution in [-0.4, -0.2) is 38.9 Å². The number of aryl methyl sites for hydroxylation is 1. The van der Waals surface area contributed by atoms with E-state index in [0.717, 1.165) is 38.6 Å². The van der Waals surface area contributed by atoms with Crippen molar-refractivity contribution in [2.75, 3.05) is 17.2 Å². The van der Waals surface area contributed by atoms with Crippen molar-refractivity contribution in [3.8, 4) is 16.3 Å². The van der Waals surface area contributed by atoms with Crippen LogP contribution in [0.3, 0.4) is 0 Å². The molecule has 0 spiro atoms. The SMILES string of the molecule is Cc1ccc(-n2nc(-c3cccs3)c3c2N(CC(=O)NCc2ccccn2)C(=O)CS[C@@H]3c2cccc(Cl)c2)cc1. The van der Waals surface area contributed by atoms with E-state index >= 15 is 0 Å². The number of benzene rings is 2. The van der Waals surface area contributed by atoms with Crippen molar-refractivity contribution < 1.29 is 9.59 Å². The quantitative estimate of drug-likeness (QED) is 0.233. The Hall–Kier alpha value is -3.92. The minimum Gasteiger partial charge on any atom is -0.349 e. The van der Waals surface area contributed by atoms with Crippen LogP contribution >= 0.6 is 34.7 Å². The monoisotopic (exact) mass is 599 g/mol. The number of anilines is 1. The molecular formula is C31H26ClN5O2S2. The topological polar surface area (TPSA) is 80.1 Å². The van der Waals surface area contributed by atoms with Gasteiger partial charge in [-0.1, -0.05) is 53.6 Å². The first kappa shape index (κ1) is 27.3. The number of rotatable bonds is 7. The molecule has 5 aromatic rings. The van der Waals surface area contributed by atoms with Gasteiger partial charge < -0.3 is 5.32 Å². The fourth-order valence-electron chi connectivity index (χ4n) is 4.80. The van der Waals surface area contributed by atoms with Gasteiger partial charge in [0.15, 0.2) is 0 Å². The molecular weight excluding hydrogens is 574 g/mol. The zero-order valence-electron chi connectivity index (χ0n) is 22.2. The third-order valence-corrected chi connectivity index (χ3v) is 9.13. The molecule has 0 fully saturated rings. The first-order chi connectivity index (χ1) is 20.0. The molecule has 1 atom stereocenters. The summed E-state index contributed by atoms with van der Waals surface area (Å²) in [5.74, 6) is 0.331. The lowest BCUT2D eigenvalue weighted by Crippen LogP contribution is -2.42. The average Bonchev–Trinajstić information content (AvgIpc) is 3.62. The number of carbonyl (C=O) groups is 2. The lowest BCUT2D eigenvalue weighted by atomic mass is 10.0. The van der Waals surface area contributed by atoms with Gasteiger partial charge in [0.1, 0.15) is 18.1 Å². The molecule has 0 bridgehead atoms. The molecule has 0 saturated carbocycles. The highest BCUT2D eigenvalue weighted by Crippen LogP contribution is 2.49. The predicted molar refractivity (Wildman–Crippen MR) is 166 cm³/mol. The van der Waals surface area contributed by atoms with Gasteiger partial charge in [-0.25, -0.2) is 4.68 Å². The van der Waals surface area contributed by atoms with Crippen LogP contribution in [0.4, 0.5) is 5.82 Å². The van der Waals surface area contributed by atoms with Crippen LogP contribution in [0.2, 0.25) is 5.02 Å². The number of amides is 2. The Morgan fingerprint density at radius 3 is 2.66 bits per heavy atom. The van der Waals surface area contributed by atoms with Gasteiger partial charge in [-0.2, -0.15) is 5.10 Å². The number of pyridine rings is 1. The zero-order valence-corrected chi connectivity index (χ0v) is 24.5. The molecule has 1 N–H and O–H groups in total. The number of fused-ring (bicyclic) bond motifs is 1. The van der Waals surface area contributed by atoms with E-state index in [2.05, 4.69) is 10.3 Å². The number of carbonyl (C=O) groups excluding carboxylic acids is 2. The van der Waals surface area contributed by atoms with E-state index in [9.17, 15) is 9.59 Å². The van der Waals surface area contributed by atoms with Gasteiger partial charge in [0.2, 0.25) is 11.8 Å². The van der Waals surface area contributed by atoms with Gasteiger partial charge in [0.05, 0.1) is 33.8 Å². The molecule has 2 amide bonds. The molecule has 10 heteroatoms. The molecule has 0 saturated heterocycles. The van der Waals surface area contributed by atoms with Gasteiger partial charge >= 0.3 is 0 Å². The first-order valence-electron chi connectivity index (χ1n) is 13.1. The molecule has 1 aliphatic heterocycles. The van der Waals surface area contributed by atoms with E-state index in [0.29, 0.717) is 10.8 Å². The van der Waals surface area contributed by atoms with Crippen molar-refractivity contribution in [2.24, 2.45) is 0 Å². The summed E-state index contributed by atoms with van der Waals surface area (Å²) in [5, 5.41) is 10.4. The van der Waals surface area contributed by atoms with E-state index in [1.807, 2.05) is 91.2 Å². The Morgan fingerprint density at radius 1 is 1.07 bits per heavy atom. The summed E-state index contributed by atoms with van der Waals surface area (Å²) in [6, 6.07) is 25.3. The second kappa shape index (κ2) is 11.9. The van der Waals surface area contributed by atoms with Crippen LogP contribution in [0, 0.1) is 6.92 Å². The van der Waals surface area contributed by atoms with Crippen LogP contribution in [0.5, 0.6) is 0 Å². The summed E-state index contributed by atoms with van der Waals surface area (Å²) in [7, 11) is 0. The summed E-state index contributed by atoms with van der Waals surface area (Å²) < 4.78 is 1.80. The van der Waals surface area contributed by atoms with Gasteiger partial charge in [0, 0.05) is 16.8 Å². The summed E-state index contributed by atoms with van der Waals surface area (Å²) >= 11 is 9.54. The highest BCUT2D eigenvalue weighted by atomic mass is 35.5. The number of nitrogens with zero attached hydrogens (tertiary/aromatic N) is 4. The summed E-state index contributed by atoms with van der Waals surface area (Å²) in [6.45, 7) is 2.15. The Labute approximate surface area is 251 Å². The van der Waals surface area contributed by atoms with Gasteiger partial charge in [0.25, 0.3) is 0 Å². The number of thioether (sulfide) groups is 1. The summed E-state index contributed by atoms with van der Waals surface area (Å²) in [6.07, 6.45) is 1.69. The Balaban J connectivity index is 1.50. The molecule has 0 unspecified atom stereocenters. The van der Waals surface area contributed by atoms with Crippen molar-refractivity contribution in [2.45, 2.75) is 18.7 Å². The number of hydrogen-bond donors (Lipinski definition) is 1. The minimum atomic E-state index is -0.282. The van der Waals surface area contributed by atoms with Crippen molar-refractivity contribution in [1.29, 1.82) is 0 Å². The molecule has 7 nitrogen and oxygen atoms in total. The lowest BCUT2D eigenvalue weighted by molar-refractivity contribution is -0.123. The number of thiophene rings is 1. The average molecular weight is 600 g/mol. The third-order valence-electron chi connectivity index (χ3n) is 6.77. The van der Waals surface area contributed by atoms with Crippen LogP contribution < -0.4 is 10.2 Å². The Kier molecular flexibility index (Phi) is 7.91. The highest BCUT2D eigenvalue weighted by molar-refractivity contribution is 8.00. The summed E-state index contributed by atoms with van der Waals surface area (Å²) in [5.41, 5.74) is 5.28. The van der Waals surface area contributed by atoms with E-state index < -0.39 is 0 Å². The molecule has 206 valence electrons. The second-order valence-electron chi connectivity index (χ2n) is 9.63. The van der Waals surface area contributed by atoms with Crippen LogP contribution in [-0.2, 0) is 16.1 Å². The Morgan fingerprint density at radius 2 is 1.93 bits per heavy atom. The fourth-order valence-corrected chi connectivity index (χ4v) is 6.91. The van der Waals surface area contributed by atoms with Gasteiger partial charge in [-0.15, -0.1) is 23.1 Å². The van der Waals surface area contributed by atoms with E-state index in [1.165, 1.54) is 11.8 Å². The molecule has 2 aromatic carbocycles. The van der Waals surface area contributed by atoms with Gasteiger partial charge in [-0.05, 0) is 60.3 Å². The first-order valence-corrected chi connectivity index (χ1v) is 15.4. The number of halogens is 1. The molecule has 1 aliphatic rings. The fraction of sp³-hybridized carbons (Fsp3) is 0.161. The standard InChI is InChI=1S/C31H26ClN5O2S2/c1-20-10-12-24(13-11-20)37-31-28(29(35-37)25-9-5-15-40-25)30(21-6-4-7-22(32)16-21)41-19-27(39)36(31)18-26(38)34-17-23-8-2-3-14-33-23/h2-16,30H,17-19H2,1H3,(H,34,38)/t30-/m1/s1. The smallest absolute Gasteiger partial charge is 0.240 e. The van der Waals surface area contributed by atoms with Crippen molar-refractivity contribution >= 4 is 52.3 Å². The zero-order chi connectivity index (χ0) is 28.3. The largest absolute Gasteiger partial charge is 0.349 e. The van der Waals surface area contributed by atoms with Crippen LogP contribution in [0.1, 0.15) is 27.6 Å². The minimum absolute atomic E-state index is 0.150. The predicted octanol–water partition coefficient (Wildman–Crippen LogP) is 6.44. The maximum Gasteiger partial charge on any atom is 0.240 e. The normalized spacial score (nSPS) is 14.9. The molecule has 3 aromatic heterocycles. The lowest BCUT2D eigenvalue weighted by Gasteiger charge is -2.23. The second-order valence-corrected chi connectivity index (χ2v) is 12.1. The third kappa shape index (κ3) is 5.79. The van der Waals surface area contributed by atoms with Crippen molar-refractivity contribution in [1.82, 2.24) is 20.1 Å².